The molecule has 96 valence electrons. The summed E-state index contributed by atoms with van der Waals surface area (Å²) in [6, 6.07) is 9.21. The minimum Gasteiger partial charge on any atom is -0.282 e. The van der Waals surface area contributed by atoms with Gasteiger partial charge in [-0.1, -0.05) is 38.1 Å². The maximum Gasteiger partial charge on any atom is 0.294 e. The molecule has 3 nitrogen and oxygen atoms in total. The van der Waals surface area contributed by atoms with E-state index in [0.717, 1.165) is 28.3 Å². The molecule has 0 fully saturated rings. The van der Waals surface area contributed by atoms with Crippen LogP contribution in [0.3, 0.4) is 0 Å². The van der Waals surface area contributed by atoms with E-state index in [0.29, 0.717) is 6.42 Å². The van der Waals surface area contributed by atoms with Crippen LogP contribution in [0.15, 0.2) is 35.2 Å². The molecule has 0 radical (unpaired) electrons. The molecule has 0 saturated carbocycles. The third-order valence-electron chi connectivity index (χ3n) is 3.22. The highest BCUT2D eigenvalue weighted by Gasteiger charge is 2.19. The first-order valence-corrected chi connectivity index (χ1v) is 7.44. The fourth-order valence-electron chi connectivity index (χ4n) is 2.46. The lowest BCUT2D eigenvalue weighted by Gasteiger charge is -2.14. The van der Waals surface area contributed by atoms with Crippen LogP contribution in [0.2, 0.25) is 0 Å². The van der Waals surface area contributed by atoms with Crippen molar-refractivity contribution in [1.29, 1.82) is 0 Å². The summed E-state index contributed by atoms with van der Waals surface area (Å²) in [6.45, 7) is 3.90. The SMILES string of the molecule is CCc1c(S(=O)(=O)O)cc2ccccc2c1CC. The molecule has 2 rings (SSSR count). The van der Waals surface area contributed by atoms with Gasteiger partial charge in [0.05, 0.1) is 4.90 Å². The Hall–Kier alpha value is -1.39. The average molecular weight is 264 g/mol. The van der Waals surface area contributed by atoms with Crippen molar-refractivity contribution >= 4 is 20.9 Å². The molecule has 0 saturated heterocycles. The molecule has 0 unspecified atom stereocenters. The molecule has 0 spiro atoms. The highest BCUT2D eigenvalue weighted by molar-refractivity contribution is 7.85. The number of aryl methyl sites for hydroxylation is 1. The lowest BCUT2D eigenvalue weighted by Crippen LogP contribution is -2.06. The summed E-state index contributed by atoms with van der Waals surface area (Å²) in [5, 5.41) is 1.91. The molecule has 2 aromatic carbocycles. The first kappa shape index (κ1) is 13.1. The van der Waals surface area contributed by atoms with E-state index >= 15 is 0 Å². The Bertz CT molecular complexity index is 687. The molecule has 0 aliphatic heterocycles. The summed E-state index contributed by atoms with van der Waals surface area (Å²) < 4.78 is 32.3. The van der Waals surface area contributed by atoms with Crippen LogP contribution in [0, 0.1) is 0 Å². The molecule has 0 atom stereocenters. The molecule has 0 aliphatic carbocycles. The molecule has 0 bridgehead atoms. The van der Waals surface area contributed by atoms with Gasteiger partial charge in [0.15, 0.2) is 0 Å². The minimum absolute atomic E-state index is 0.0422. The monoisotopic (exact) mass is 264 g/mol. The first-order valence-electron chi connectivity index (χ1n) is 6.00. The largest absolute Gasteiger partial charge is 0.294 e. The summed E-state index contributed by atoms with van der Waals surface area (Å²) in [4.78, 5) is 0.0422. The number of rotatable bonds is 3. The number of fused-ring (bicyclic) bond motifs is 1. The molecular formula is C14H16O3S. The molecule has 2 aromatic rings. The maximum atomic E-state index is 11.5. The van der Waals surface area contributed by atoms with E-state index in [-0.39, 0.29) is 4.90 Å². The predicted octanol–water partition coefficient (Wildman–Crippen LogP) is 3.21. The lowest BCUT2D eigenvalue weighted by atomic mass is 9.95. The van der Waals surface area contributed by atoms with Crippen LogP contribution in [0.5, 0.6) is 0 Å². The van der Waals surface area contributed by atoms with Gasteiger partial charge >= 0.3 is 0 Å². The van der Waals surface area contributed by atoms with Crippen LogP contribution in [-0.2, 0) is 23.0 Å². The zero-order valence-electron chi connectivity index (χ0n) is 10.5. The standard InChI is InChI=1S/C14H16O3S/c1-3-11-12(4-2)14(18(15,16)17)9-10-7-5-6-8-13(10)11/h5-9H,3-4H2,1-2H3,(H,15,16,17). The van der Waals surface area contributed by atoms with E-state index in [2.05, 4.69) is 0 Å². The molecule has 0 heterocycles. The van der Waals surface area contributed by atoms with Gasteiger partial charge in [-0.2, -0.15) is 8.42 Å². The van der Waals surface area contributed by atoms with Crippen molar-refractivity contribution in [2.75, 3.05) is 0 Å². The van der Waals surface area contributed by atoms with Crippen LogP contribution in [0.1, 0.15) is 25.0 Å². The molecule has 18 heavy (non-hydrogen) atoms. The van der Waals surface area contributed by atoms with Crippen LogP contribution in [0.4, 0.5) is 0 Å². The second kappa shape index (κ2) is 4.71. The van der Waals surface area contributed by atoms with Gasteiger partial charge in [-0.05, 0) is 40.8 Å². The summed E-state index contributed by atoms with van der Waals surface area (Å²) in [6.07, 6.45) is 1.33. The first-order chi connectivity index (χ1) is 8.49. The summed E-state index contributed by atoms with van der Waals surface area (Å²) >= 11 is 0. The van der Waals surface area contributed by atoms with Gasteiger partial charge in [0, 0.05) is 0 Å². The average Bonchev–Trinajstić information content (AvgIpc) is 2.35. The van der Waals surface area contributed by atoms with Crippen LogP contribution < -0.4 is 0 Å². The van der Waals surface area contributed by atoms with E-state index in [1.54, 1.807) is 6.07 Å². The summed E-state index contributed by atoms with van der Waals surface area (Å²) in [5.41, 5.74) is 1.72. The van der Waals surface area contributed by atoms with Crippen molar-refractivity contribution < 1.29 is 13.0 Å². The van der Waals surface area contributed by atoms with Crippen molar-refractivity contribution in [1.82, 2.24) is 0 Å². The lowest BCUT2D eigenvalue weighted by molar-refractivity contribution is 0.482. The second-order valence-electron chi connectivity index (χ2n) is 4.24. The van der Waals surface area contributed by atoms with Crippen molar-refractivity contribution in [2.45, 2.75) is 31.6 Å². The van der Waals surface area contributed by atoms with Gasteiger partial charge < -0.3 is 0 Å². The Morgan fingerprint density at radius 2 is 1.67 bits per heavy atom. The molecule has 0 amide bonds. The van der Waals surface area contributed by atoms with Gasteiger partial charge in [-0.3, -0.25) is 4.55 Å². The maximum absolute atomic E-state index is 11.5. The Balaban J connectivity index is 2.96. The third-order valence-corrected chi connectivity index (χ3v) is 4.14. The van der Waals surface area contributed by atoms with E-state index in [9.17, 15) is 13.0 Å². The van der Waals surface area contributed by atoms with E-state index < -0.39 is 10.1 Å². The van der Waals surface area contributed by atoms with Gasteiger partial charge in [-0.25, -0.2) is 0 Å². The van der Waals surface area contributed by atoms with Crippen LogP contribution >= 0.6 is 0 Å². The van der Waals surface area contributed by atoms with E-state index in [1.165, 1.54) is 0 Å². The quantitative estimate of drug-likeness (QED) is 0.866. The zero-order chi connectivity index (χ0) is 13.3. The Morgan fingerprint density at radius 1 is 1.06 bits per heavy atom. The molecular weight excluding hydrogens is 248 g/mol. The zero-order valence-corrected chi connectivity index (χ0v) is 11.3. The second-order valence-corrected chi connectivity index (χ2v) is 5.63. The van der Waals surface area contributed by atoms with Crippen molar-refractivity contribution in [3.05, 3.63) is 41.5 Å². The Labute approximate surface area is 107 Å². The predicted molar refractivity (Wildman–Crippen MR) is 72.5 cm³/mol. The molecule has 0 aromatic heterocycles. The van der Waals surface area contributed by atoms with Crippen LogP contribution in [0.25, 0.3) is 10.8 Å². The van der Waals surface area contributed by atoms with Crippen molar-refractivity contribution in [2.24, 2.45) is 0 Å². The number of hydrogen-bond acceptors (Lipinski definition) is 2. The van der Waals surface area contributed by atoms with Gasteiger partial charge in [-0.15, -0.1) is 0 Å². The number of benzene rings is 2. The van der Waals surface area contributed by atoms with Crippen LogP contribution in [-0.4, -0.2) is 13.0 Å². The fourth-order valence-corrected chi connectivity index (χ4v) is 3.31. The van der Waals surface area contributed by atoms with Gasteiger partial charge in [0.2, 0.25) is 0 Å². The Kier molecular flexibility index (Phi) is 3.41. The van der Waals surface area contributed by atoms with E-state index in [1.807, 2.05) is 38.1 Å². The Morgan fingerprint density at radius 3 is 2.22 bits per heavy atom. The van der Waals surface area contributed by atoms with Crippen molar-refractivity contribution in [3.8, 4) is 0 Å². The summed E-state index contributed by atoms with van der Waals surface area (Å²) in [5.74, 6) is 0. The summed E-state index contributed by atoms with van der Waals surface area (Å²) in [7, 11) is -4.17. The molecule has 0 aliphatic rings. The van der Waals surface area contributed by atoms with Crippen molar-refractivity contribution in [3.63, 3.8) is 0 Å². The minimum atomic E-state index is -4.17. The molecule has 4 heteroatoms. The molecule has 1 N–H and O–H groups in total. The van der Waals surface area contributed by atoms with Gasteiger partial charge in [0.25, 0.3) is 10.1 Å². The third kappa shape index (κ3) is 2.13. The highest BCUT2D eigenvalue weighted by atomic mass is 32.2. The smallest absolute Gasteiger partial charge is 0.282 e. The van der Waals surface area contributed by atoms with E-state index in [4.69, 9.17) is 0 Å². The fraction of sp³-hybridized carbons (Fsp3) is 0.286. The highest BCUT2D eigenvalue weighted by Crippen LogP contribution is 2.29. The number of hydrogen-bond donors (Lipinski definition) is 1. The topological polar surface area (TPSA) is 54.4 Å². The normalized spacial score (nSPS) is 11.9. The van der Waals surface area contributed by atoms with Gasteiger partial charge in [0.1, 0.15) is 0 Å².